The van der Waals surface area contributed by atoms with Gasteiger partial charge in [-0.05, 0) is 86.1 Å². The van der Waals surface area contributed by atoms with Crippen molar-refractivity contribution in [1.82, 2.24) is 29.9 Å². The summed E-state index contributed by atoms with van der Waals surface area (Å²) in [5, 5.41) is 20.7. The zero-order valence-corrected chi connectivity index (χ0v) is 26.1. The summed E-state index contributed by atoms with van der Waals surface area (Å²) in [5.41, 5.74) is 3.69. The molecule has 0 saturated heterocycles. The second-order valence-electron chi connectivity index (χ2n) is 10.1. The number of hydrogen-bond acceptors (Lipinski definition) is 12. The van der Waals surface area contributed by atoms with Crippen LogP contribution in [0.3, 0.4) is 0 Å². The molecule has 0 atom stereocenters. The molecule has 0 aliphatic carbocycles. The number of carbonyl (C=O) groups is 1. The summed E-state index contributed by atoms with van der Waals surface area (Å²) < 4.78 is 17.4. The van der Waals surface area contributed by atoms with E-state index in [-0.39, 0.29) is 0 Å². The van der Waals surface area contributed by atoms with E-state index >= 15 is 0 Å². The van der Waals surface area contributed by atoms with Crippen LogP contribution in [0.2, 0.25) is 0 Å². The molecule has 2 heterocycles. The summed E-state index contributed by atoms with van der Waals surface area (Å²) in [6.45, 7) is 4.27. The van der Waals surface area contributed by atoms with Crippen molar-refractivity contribution in [1.29, 1.82) is 0 Å². The van der Waals surface area contributed by atoms with Crippen LogP contribution >= 0.6 is 0 Å². The maximum Gasteiger partial charge on any atom is 0.412 e. The van der Waals surface area contributed by atoms with E-state index < -0.39 is 6.09 Å². The molecule has 0 saturated carbocycles. The highest BCUT2D eigenvalue weighted by Gasteiger charge is 2.14. The molecule has 5 aromatic rings. The highest BCUT2D eigenvalue weighted by atomic mass is 16.5. The number of benzene rings is 3. The Hall–Kier alpha value is -5.92. The number of anilines is 7. The Kier molecular flexibility index (Phi) is 10.4. The van der Waals surface area contributed by atoms with E-state index in [0.29, 0.717) is 36.0 Å². The van der Waals surface area contributed by atoms with Gasteiger partial charge in [0.2, 0.25) is 17.8 Å². The van der Waals surface area contributed by atoms with Crippen molar-refractivity contribution >= 4 is 46.8 Å². The fourth-order valence-corrected chi connectivity index (χ4v) is 4.31. The number of nitrogens with one attached hydrogen (secondary N) is 4. The monoisotopic (exact) mass is 624 g/mol. The van der Waals surface area contributed by atoms with E-state index in [1.165, 1.54) is 0 Å². The number of unbranched alkanes of at least 4 members (excludes halogenated alkanes) is 2. The van der Waals surface area contributed by atoms with Gasteiger partial charge in [0.15, 0.2) is 5.82 Å². The first-order chi connectivity index (χ1) is 22.4. The summed E-state index contributed by atoms with van der Waals surface area (Å²) in [6.07, 6.45) is 2.32. The summed E-state index contributed by atoms with van der Waals surface area (Å²) in [7, 11) is 3.23. The van der Waals surface area contributed by atoms with Crippen molar-refractivity contribution in [3.63, 3.8) is 0 Å². The molecule has 0 bridgehead atoms. The van der Waals surface area contributed by atoms with Crippen LogP contribution in [0.1, 0.15) is 31.9 Å². The topological polar surface area (TPSA) is 162 Å². The predicted octanol–water partition coefficient (Wildman–Crippen LogP) is 6.75. The van der Waals surface area contributed by atoms with E-state index in [1.54, 1.807) is 18.9 Å². The fourth-order valence-electron chi connectivity index (χ4n) is 4.31. The van der Waals surface area contributed by atoms with Gasteiger partial charge in [0, 0.05) is 17.1 Å². The number of carbonyl (C=O) groups excluding carboxylic acids is 1. The molecular weight excluding hydrogens is 588 g/mol. The summed E-state index contributed by atoms with van der Waals surface area (Å²) in [6, 6.07) is 22.3. The average Bonchev–Trinajstić information content (AvgIpc) is 3.43. The third-order valence-corrected chi connectivity index (χ3v) is 6.79. The average molecular weight is 625 g/mol. The van der Waals surface area contributed by atoms with Crippen LogP contribution in [-0.2, 0) is 4.74 Å². The zero-order valence-electron chi connectivity index (χ0n) is 26.1. The Morgan fingerprint density at radius 2 is 1.20 bits per heavy atom. The molecule has 0 aliphatic heterocycles. The van der Waals surface area contributed by atoms with Crippen LogP contribution in [0.25, 0.3) is 5.69 Å². The van der Waals surface area contributed by atoms with Crippen molar-refractivity contribution in [2.45, 2.75) is 33.1 Å². The number of amides is 1. The van der Waals surface area contributed by atoms with Crippen molar-refractivity contribution in [3.8, 4) is 17.2 Å². The molecule has 2 aromatic heterocycles. The number of aromatic nitrogens is 6. The van der Waals surface area contributed by atoms with Crippen molar-refractivity contribution in [3.05, 3.63) is 78.5 Å². The molecule has 0 aliphatic rings. The molecule has 0 spiro atoms. The lowest BCUT2D eigenvalue weighted by Gasteiger charge is -2.12. The summed E-state index contributed by atoms with van der Waals surface area (Å²) >= 11 is 0. The Bertz CT molecular complexity index is 1660. The molecule has 1 amide bonds. The minimum atomic E-state index is -0.551. The van der Waals surface area contributed by atoms with Crippen LogP contribution < -0.4 is 30.7 Å². The molecule has 5 rings (SSSR count). The molecule has 14 nitrogen and oxygen atoms in total. The number of hydrogen-bond donors (Lipinski definition) is 4. The van der Waals surface area contributed by atoms with Gasteiger partial charge in [-0.1, -0.05) is 25.0 Å². The first kappa shape index (κ1) is 31.5. The highest BCUT2D eigenvalue weighted by Crippen LogP contribution is 2.24. The van der Waals surface area contributed by atoms with Crippen molar-refractivity contribution < 1.29 is 19.0 Å². The minimum Gasteiger partial charge on any atom is -0.497 e. The van der Waals surface area contributed by atoms with Crippen LogP contribution in [-0.4, -0.2) is 56.9 Å². The van der Waals surface area contributed by atoms with E-state index in [1.807, 2.05) is 79.7 Å². The maximum absolute atomic E-state index is 12.1. The van der Waals surface area contributed by atoms with Gasteiger partial charge in [-0.15, -0.1) is 5.10 Å². The van der Waals surface area contributed by atoms with Gasteiger partial charge in [-0.2, -0.15) is 15.0 Å². The Balaban J connectivity index is 1.31. The Labute approximate surface area is 266 Å². The lowest BCUT2D eigenvalue weighted by molar-refractivity contribution is 0.159. The van der Waals surface area contributed by atoms with Crippen LogP contribution in [0, 0.1) is 6.92 Å². The third-order valence-electron chi connectivity index (χ3n) is 6.79. The van der Waals surface area contributed by atoms with Gasteiger partial charge >= 0.3 is 6.09 Å². The first-order valence-corrected chi connectivity index (χ1v) is 14.8. The number of ether oxygens (including phenoxy) is 3. The first-order valence-electron chi connectivity index (χ1n) is 14.8. The van der Waals surface area contributed by atoms with E-state index in [4.69, 9.17) is 14.2 Å². The second-order valence-corrected chi connectivity index (χ2v) is 10.1. The van der Waals surface area contributed by atoms with Gasteiger partial charge < -0.3 is 30.2 Å². The lowest BCUT2D eigenvalue weighted by Crippen LogP contribution is -2.15. The largest absolute Gasteiger partial charge is 0.497 e. The molecular formula is C32H36N10O4. The molecule has 46 heavy (non-hydrogen) atoms. The quantitative estimate of drug-likeness (QED) is 0.0963. The maximum atomic E-state index is 12.1. The molecule has 3 aromatic carbocycles. The van der Waals surface area contributed by atoms with Crippen LogP contribution in [0.5, 0.6) is 11.5 Å². The molecule has 0 fully saturated rings. The molecule has 238 valence electrons. The van der Waals surface area contributed by atoms with Crippen molar-refractivity contribution in [2.75, 3.05) is 42.1 Å². The van der Waals surface area contributed by atoms with Gasteiger partial charge in [-0.25, -0.2) is 9.48 Å². The molecule has 0 unspecified atom stereocenters. The number of rotatable bonds is 14. The van der Waals surface area contributed by atoms with Crippen LogP contribution in [0.15, 0.2) is 72.8 Å². The van der Waals surface area contributed by atoms with E-state index in [9.17, 15) is 4.79 Å². The van der Waals surface area contributed by atoms with Gasteiger partial charge in [0.25, 0.3) is 0 Å². The third kappa shape index (κ3) is 8.37. The molecule has 0 radical (unpaired) electrons. The SMILES string of the molecule is CCCCCOC(=O)Nc1nnn(-c2ccc(Nc3nc(Nc4ccc(OC)cc4)nc(Nc4ccc(OC)cc4)n3)cc2)c1C. The lowest BCUT2D eigenvalue weighted by atomic mass is 10.2. The smallest absolute Gasteiger partial charge is 0.412 e. The van der Waals surface area contributed by atoms with Crippen LogP contribution in [0.4, 0.5) is 45.5 Å². The normalized spacial score (nSPS) is 10.6. The molecule has 14 heteroatoms. The fraction of sp³-hybridized carbons (Fsp3) is 0.250. The predicted molar refractivity (Wildman–Crippen MR) is 176 cm³/mol. The van der Waals surface area contributed by atoms with Gasteiger partial charge in [-0.3, -0.25) is 5.32 Å². The summed E-state index contributed by atoms with van der Waals surface area (Å²) in [4.78, 5) is 25.9. The van der Waals surface area contributed by atoms with E-state index in [2.05, 4.69) is 53.5 Å². The standard InChI is InChI=1S/C32H36N10O4/c1-5-6-7-20-46-32(43)36-28-21(2)42(41-40-28)25-14-8-22(9-15-25)33-29-37-30(34-23-10-16-26(44-3)17-11-23)39-31(38-29)35-24-12-18-27(45-4)19-13-24/h8-19H,5-7,20H2,1-4H3,(H,36,43)(H3,33,34,35,37,38,39). The van der Waals surface area contributed by atoms with E-state index in [0.717, 1.165) is 53.5 Å². The van der Waals surface area contributed by atoms with Gasteiger partial charge in [0.05, 0.1) is 32.2 Å². The number of nitrogens with zero attached hydrogens (tertiary/aromatic N) is 6. The highest BCUT2D eigenvalue weighted by molar-refractivity contribution is 5.84. The Morgan fingerprint density at radius 3 is 1.65 bits per heavy atom. The molecule has 4 N–H and O–H groups in total. The Morgan fingerprint density at radius 1 is 0.717 bits per heavy atom. The van der Waals surface area contributed by atoms with Crippen molar-refractivity contribution in [2.24, 2.45) is 0 Å². The zero-order chi connectivity index (χ0) is 32.3. The second kappa shape index (κ2) is 15.2. The number of methoxy groups -OCH3 is 2. The summed E-state index contributed by atoms with van der Waals surface area (Å²) in [5.74, 6) is 2.79. The van der Waals surface area contributed by atoms with Gasteiger partial charge in [0.1, 0.15) is 11.5 Å². The minimum absolute atomic E-state index is 0.315.